The number of fused-ring (bicyclic) bond motifs is 1. The molecule has 0 saturated heterocycles. The van der Waals surface area contributed by atoms with Crippen molar-refractivity contribution in [1.82, 2.24) is 14.5 Å². The second-order valence-electron chi connectivity index (χ2n) is 5.53. The van der Waals surface area contributed by atoms with Crippen LogP contribution in [0, 0.1) is 16.6 Å². The van der Waals surface area contributed by atoms with Crippen molar-refractivity contribution in [2.75, 3.05) is 0 Å². The Balaban J connectivity index is 2.13. The summed E-state index contributed by atoms with van der Waals surface area (Å²) in [6, 6.07) is 2.59. The topological polar surface area (TPSA) is 33.6 Å². The van der Waals surface area contributed by atoms with Crippen molar-refractivity contribution in [2.45, 2.75) is 39.2 Å². The predicted octanol–water partition coefficient (Wildman–Crippen LogP) is 4.09. The number of rotatable bonds is 1. The summed E-state index contributed by atoms with van der Waals surface area (Å²) in [7, 11) is 0. The zero-order valence-corrected chi connectivity index (χ0v) is 11.7. The number of pyridine rings is 1. The average molecular weight is 261 g/mol. The fourth-order valence-electron chi connectivity index (χ4n) is 3.23. The van der Waals surface area contributed by atoms with Crippen LogP contribution in [0.4, 0.5) is 0 Å². The van der Waals surface area contributed by atoms with Gasteiger partial charge in [0.15, 0.2) is 4.77 Å². The second-order valence-corrected chi connectivity index (χ2v) is 5.91. The lowest BCUT2D eigenvalue weighted by molar-refractivity contribution is 0.188. The lowest BCUT2D eigenvalue weighted by Gasteiger charge is -2.35. The molecular formula is C14H19N3S. The first-order valence-electron chi connectivity index (χ1n) is 6.72. The Bertz CT molecular complexity index is 613. The average Bonchev–Trinajstić information content (AvgIpc) is 2.69. The lowest BCUT2D eigenvalue weighted by atomic mass is 9.78. The third-order valence-corrected chi connectivity index (χ3v) is 4.81. The summed E-state index contributed by atoms with van der Waals surface area (Å²) in [5.74, 6) is 1.45. The van der Waals surface area contributed by atoms with E-state index in [1.165, 1.54) is 24.8 Å². The first-order valence-corrected chi connectivity index (χ1v) is 7.13. The normalized spacial score (nSPS) is 28.7. The molecule has 0 amide bonds. The third kappa shape index (κ3) is 1.79. The number of H-pyrrole nitrogens is 1. The Morgan fingerprint density at radius 3 is 3.06 bits per heavy atom. The van der Waals surface area contributed by atoms with Crippen LogP contribution in [0.25, 0.3) is 11.0 Å². The van der Waals surface area contributed by atoms with Crippen LogP contribution in [0.5, 0.6) is 0 Å². The van der Waals surface area contributed by atoms with Gasteiger partial charge in [0, 0.05) is 12.2 Å². The van der Waals surface area contributed by atoms with E-state index in [9.17, 15) is 0 Å². The molecule has 1 aliphatic rings. The molecule has 0 spiro atoms. The summed E-state index contributed by atoms with van der Waals surface area (Å²) in [6.07, 6.45) is 7.58. The van der Waals surface area contributed by atoms with Crippen molar-refractivity contribution < 1.29 is 0 Å². The number of aromatic amines is 1. The molecule has 0 radical (unpaired) electrons. The maximum absolute atomic E-state index is 5.50. The van der Waals surface area contributed by atoms with Gasteiger partial charge in [0.1, 0.15) is 0 Å². The highest BCUT2D eigenvalue weighted by Gasteiger charge is 2.29. The van der Waals surface area contributed by atoms with Crippen molar-refractivity contribution in [3.05, 3.63) is 23.2 Å². The van der Waals surface area contributed by atoms with Gasteiger partial charge >= 0.3 is 0 Å². The minimum atomic E-state index is 0.525. The van der Waals surface area contributed by atoms with E-state index in [2.05, 4.69) is 34.4 Å². The number of imidazole rings is 1. The number of hydrogen-bond donors (Lipinski definition) is 1. The Labute approximate surface area is 112 Å². The molecular weight excluding hydrogens is 242 g/mol. The fraction of sp³-hybridized carbons (Fsp3) is 0.571. The van der Waals surface area contributed by atoms with Gasteiger partial charge in [0.2, 0.25) is 0 Å². The Morgan fingerprint density at radius 1 is 1.39 bits per heavy atom. The molecule has 0 aromatic carbocycles. The zero-order valence-electron chi connectivity index (χ0n) is 10.9. The number of hydrogen-bond acceptors (Lipinski definition) is 2. The standard InChI is InChI=1S/C14H19N3S/c1-9-4-3-5-12(10(9)2)17-13-6-7-15-8-11(13)16-14(17)18/h6-10,12H,3-5H2,1-2H3,(H,16,18). The summed E-state index contributed by atoms with van der Waals surface area (Å²) < 4.78 is 3.15. The molecule has 0 aliphatic heterocycles. The lowest BCUT2D eigenvalue weighted by Crippen LogP contribution is -2.27. The van der Waals surface area contributed by atoms with Gasteiger partial charge in [-0.05, 0) is 36.5 Å². The van der Waals surface area contributed by atoms with Crippen LogP contribution in [-0.4, -0.2) is 14.5 Å². The molecule has 1 N–H and O–H groups in total. The van der Waals surface area contributed by atoms with Crippen LogP contribution in [-0.2, 0) is 0 Å². The minimum absolute atomic E-state index is 0.525. The molecule has 3 nitrogen and oxygen atoms in total. The first-order chi connectivity index (χ1) is 8.68. The smallest absolute Gasteiger partial charge is 0.178 e. The number of nitrogens with one attached hydrogen (secondary N) is 1. The SMILES string of the molecule is CC1CCCC(n2c(=S)[nH]c3cnccc32)C1C. The van der Waals surface area contributed by atoms with Crippen LogP contribution in [0.15, 0.2) is 18.5 Å². The van der Waals surface area contributed by atoms with Gasteiger partial charge in [0.25, 0.3) is 0 Å². The fourth-order valence-corrected chi connectivity index (χ4v) is 3.57. The monoisotopic (exact) mass is 261 g/mol. The molecule has 96 valence electrons. The molecule has 18 heavy (non-hydrogen) atoms. The maximum Gasteiger partial charge on any atom is 0.178 e. The largest absolute Gasteiger partial charge is 0.329 e. The van der Waals surface area contributed by atoms with E-state index < -0.39 is 0 Å². The molecule has 1 aliphatic carbocycles. The van der Waals surface area contributed by atoms with Crippen LogP contribution < -0.4 is 0 Å². The van der Waals surface area contributed by atoms with E-state index in [-0.39, 0.29) is 0 Å². The van der Waals surface area contributed by atoms with Gasteiger partial charge in [-0.3, -0.25) is 4.98 Å². The predicted molar refractivity (Wildman–Crippen MR) is 76.1 cm³/mol. The van der Waals surface area contributed by atoms with Crippen molar-refractivity contribution in [1.29, 1.82) is 0 Å². The minimum Gasteiger partial charge on any atom is -0.329 e. The van der Waals surface area contributed by atoms with Crippen LogP contribution in [0.2, 0.25) is 0 Å². The highest BCUT2D eigenvalue weighted by atomic mass is 32.1. The second kappa shape index (κ2) is 4.50. The number of aromatic nitrogens is 3. The molecule has 3 rings (SSSR count). The Hall–Kier alpha value is -1.16. The molecule has 2 aromatic rings. The summed E-state index contributed by atoms with van der Waals surface area (Å²) in [5, 5.41) is 0. The van der Waals surface area contributed by atoms with Gasteiger partial charge in [0.05, 0.1) is 17.2 Å². The van der Waals surface area contributed by atoms with Crippen molar-refractivity contribution in [3.8, 4) is 0 Å². The highest BCUT2D eigenvalue weighted by Crippen LogP contribution is 2.39. The van der Waals surface area contributed by atoms with E-state index in [1.54, 1.807) is 0 Å². The van der Waals surface area contributed by atoms with E-state index in [0.717, 1.165) is 16.2 Å². The molecule has 0 bridgehead atoms. The van der Waals surface area contributed by atoms with E-state index in [4.69, 9.17) is 12.2 Å². The molecule has 2 aromatic heterocycles. The summed E-state index contributed by atoms with van der Waals surface area (Å²) in [5.41, 5.74) is 2.24. The van der Waals surface area contributed by atoms with E-state index in [0.29, 0.717) is 12.0 Å². The van der Waals surface area contributed by atoms with E-state index >= 15 is 0 Å². The quantitative estimate of drug-likeness (QED) is 0.784. The van der Waals surface area contributed by atoms with Gasteiger partial charge < -0.3 is 9.55 Å². The molecule has 3 unspecified atom stereocenters. The zero-order chi connectivity index (χ0) is 12.7. The first kappa shape index (κ1) is 11.9. The Kier molecular flexibility index (Phi) is 2.98. The molecule has 3 atom stereocenters. The van der Waals surface area contributed by atoms with Gasteiger partial charge in [-0.25, -0.2) is 0 Å². The van der Waals surface area contributed by atoms with Crippen LogP contribution in [0.3, 0.4) is 0 Å². The van der Waals surface area contributed by atoms with Crippen molar-refractivity contribution >= 4 is 23.3 Å². The molecule has 1 fully saturated rings. The van der Waals surface area contributed by atoms with Crippen molar-refractivity contribution in [2.24, 2.45) is 11.8 Å². The highest BCUT2D eigenvalue weighted by molar-refractivity contribution is 7.71. The molecule has 2 heterocycles. The van der Waals surface area contributed by atoms with Crippen molar-refractivity contribution in [3.63, 3.8) is 0 Å². The Morgan fingerprint density at radius 2 is 2.22 bits per heavy atom. The van der Waals surface area contributed by atoms with Gasteiger partial charge in [-0.2, -0.15) is 0 Å². The van der Waals surface area contributed by atoms with E-state index in [1.807, 2.05) is 12.4 Å². The maximum atomic E-state index is 5.50. The summed E-state index contributed by atoms with van der Waals surface area (Å²) in [6.45, 7) is 4.72. The third-order valence-electron chi connectivity index (χ3n) is 4.51. The van der Waals surface area contributed by atoms with Gasteiger partial charge in [-0.1, -0.05) is 26.7 Å². The molecule has 1 saturated carbocycles. The van der Waals surface area contributed by atoms with Crippen LogP contribution in [0.1, 0.15) is 39.2 Å². The summed E-state index contributed by atoms with van der Waals surface area (Å²) in [4.78, 5) is 7.43. The van der Waals surface area contributed by atoms with Gasteiger partial charge in [-0.15, -0.1) is 0 Å². The molecule has 4 heteroatoms. The number of nitrogens with zero attached hydrogens (tertiary/aromatic N) is 2. The summed E-state index contributed by atoms with van der Waals surface area (Å²) >= 11 is 5.50. The van der Waals surface area contributed by atoms with Crippen LogP contribution >= 0.6 is 12.2 Å².